The lowest BCUT2D eigenvalue weighted by Crippen LogP contribution is -2.36. The van der Waals surface area contributed by atoms with Crippen LogP contribution in [0.1, 0.15) is 19.3 Å². The minimum absolute atomic E-state index is 0.254. The van der Waals surface area contributed by atoms with Crippen LogP contribution in [0.3, 0.4) is 0 Å². The molecular formula is C7H17N3O2S. The molecule has 2 atom stereocenters. The molecule has 5 nitrogen and oxygen atoms in total. The van der Waals surface area contributed by atoms with Crippen molar-refractivity contribution in [3.8, 4) is 0 Å². The summed E-state index contributed by atoms with van der Waals surface area (Å²) in [5.74, 6) is 0.401. The average molecular weight is 207 g/mol. The second-order valence-corrected chi connectivity index (χ2v) is 5.20. The van der Waals surface area contributed by atoms with Crippen molar-refractivity contribution in [2.45, 2.75) is 25.3 Å². The Balaban J connectivity index is 2.27. The Morgan fingerprint density at radius 1 is 1.46 bits per heavy atom. The Hall–Kier alpha value is -0.170. The number of hydrogen-bond donors (Lipinski definition) is 3. The van der Waals surface area contributed by atoms with E-state index in [1.54, 1.807) is 0 Å². The van der Waals surface area contributed by atoms with Crippen LogP contribution in [0.25, 0.3) is 0 Å². The van der Waals surface area contributed by atoms with Crippen LogP contribution in [-0.4, -0.2) is 28.1 Å². The standard InChI is InChI=1S/C7H17N3O2S/c1-9-13(11,12)10-5-6-2-3-7(8)4-6/h6-7,9-10H,2-5,8H2,1H3. The predicted octanol–water partition coefficient (Wildman–Crippen LogP) is -0.832. The van der Waals surface area contributed by atoms with E-state index in [9.17, 15) is 8.42 Å². The summed E-state index contributed by atoms with van der Waals surface area (Å²) in [5.41, 5.74) is 5.70. The highest BCUT2D eigenvalue weighted by Crippen LogP contribution is 2.23. The van der Waals surface area contributed by atoms with E-state index in [0.29, 0.717) is 12.5 Å². The second kappa shape index (κ2) is 4.36. The zero-order valence-corrected chi connectivity index (χ0v) is 8.60. The van der Waals surface area contributed by atoms with Crippen molar-refractivity contribution in [1.82, 2.24) is 9.44 Å². The lowest BCUT2D eigenvalue weighted by atomic mass is 10.1. The van der Waals surface area contributed by atoms with Gasteiger partial charge in [-0.2, -0.15) is 8.42 Å². The normalized spacial score (nSPS) is 29.4. The van der Waals surface area contributed by atoms with E-state index in [1.165, 1.54) is 7.05 Å². The quantitative estimate of drug-likeness (QED) is 0.562. The molecule has 0 heterocycles. The SMILES string of the molecule is CNS(=O)(=O)NCC1CCC(N)C1. The Bertz CT molecular complexity index is 252. The van der Waals surface area contributed by atoms with Crippen molar-refractivity contribution in [3.63, 3.8) is 0 Å². The first-order valence-corrected chi connectivity index (χ1v) is 5.95. The molecule has 78 valence electrons. The van der Waals surface area contributed by atoms with Crippen LogP contribution in [0.2, 0.25) is 0 Å². The van der Waals surface area contributed by atoms with Crippen molar-refractivity contribution < 1.29 is 8.42 Å². The summed E-state index contributed by atoms with van der Waals surface area (Å²) in [6.07, 6.45) is 2.95. The van der Waals surface area contributed by atoms with E-state index in [2.05, 4.69) is 9.44 Å². The van der Waals surface area contributed by atoms with E-state index in [-0.39, 0.29) is 6.04 Å². The van der Waals surface area contributed by atoms with E-state index in [4.69, 9.17) is 5.73 Å². The third-order valence-corrected chi connectivity index (χ3v) is 3.50. The summed E-state index contributed by atoms with van der Waals surface area (Å²) in [6.45, 7) is 0.497. The molecule has 0 aromatic carbocycles. The van der Waals surface area contributed by atoms with Gasteiger partial charge in [-0.1, -0.05) is 0 Å². The van der Waals surface area contributed by atoms with Gasteiger partial charge in [0, 0.05) is 19.6 Å². The third-order valence-electron chi connectivity index (χ3n) is 2.41. The first kappa shape index (κ1) is 10.9. The first-order chi connectivity index (χ1) is 6.03. The van der Waals surface area contributed by atoms with E-state index in [1.807, 2.05) is 0 Å². The van der Waals surface area contributed by atoms with Gasteiger partial charge in [0.25, 0.3) is 10.2 Å². The molecule has 13 heavy (non-hydrogen) atoms. The fourth-order valence-corrected chi connectivity index (χ4v) is 2.20. The molecule has 1 fully saturated rings. The minimum atomic E-state index is -3.27. The van der Waals surface area contributed by atoms with Crippen LogP contribution >= 0.6 is 0 Å². The molecule has 0 aromatic heterocycles. The lowest BCUT2D eigenvalue weighted by Gasteiger charge is -2.10. The molecule has 4 N–H and O–H groups in total. The highest BCUT2D eigenvalue weighted by Gasteiger charge is 2.22. The van der Waals surface area contributed by atoms with Crippen molar-refractivity contribution in [2.75, 3.05) is 13.6 Å². The summed E-state index contributed by atoms with van der Waals surface area (Å²) in [6, 6.07) is 0.254. The number of nitrogens with one attached hydrogen (secondary N) is 2. The summed E-state index contributed by atoms with van der Waals surface area (Å²) < 4.78 is 26.7. The van der Waals surface area contributed by atoms with Crippen LogP contribution in [0, 0.1) is 5.92 Å². The molecule has 0 amide bonds. The highest BCUT2D eigenvalue weighted by atomic mass is 32.2. The molecule has 0 aliphatic heterocycles. The van der Waals surface area contributed by atoms with Crippen molar-refractivity contribution in [3.05, 3.63) is 0 Å². The van der Waals surface area contributed by atoms with Gasteiger partial charge in [-0.05, 0) is 25.2 Å². The maximum Gasteiger partial charge on any atom is 0.276 e. The molecule has 1 rings (SSSR count). The van der Waals surface area contributed by atoms with Gasteiger partial charge < -0.3 is 5.73 Å². The van der Waals surface area contributed by atoms with Gasteiger partial charge in [-0.25, -0.2) is 9.44 Å². The molecule has 0 radical (unpaired) electrons. The highest BCUT2D eigenvalue weighted by molar-refractivity contribution is 7.87. The smallest absolute Gasteiger partial charge is 0.276 e. The molecule has 2 unspecified atom stereocenters. The molecule has 1 saturated carbocycles. The fourth-order valence-electron chi connectivity index (χ4n) is 1.60. The molecule has 0 spiro atoms. The van der Waals surface area contributed by atoms with Crippen LogP contribution in [0.4, 0.5) is 0 Å². The van der Waals surface area contributed by atoms with E-state index < -0.39 is 10.2 Å². The minimum Gasteiger partial charge on any atom is -0.328 e. The van der Waals surface area contributed by atoms with Gasteiger partial charge in [0.15, 0.2) is 0 Å². The maximum absolute atomic E-state index is 11.0. The number of hydrogen-bond acceptors (Lipinski definition) is 3. The van der Waals surface area contributed by atoms with Gasteiger partial charge in [-0.3, -0.25) is 0 Å². The number of rotatable bonds is 4. The Kier molecular flexibility index (Phi) is 3.66. The summed E-state index contributed by atoms with van der Waals surface area (Å²) in [4.78, 5) is 0. The van der Waals surface area contributed by atoms with Crippen LogP contribution in [0.15, 0.2) is 0 Å². The monoisotopic (exact) mass is 207 g/mol. The largest absolute Gasteiger partial charge is 0.328 e. The van der Waals surface area contributed by atoms with Crippen molar-refractivity contribution in [1.29, 1.82) is 0 Å². The zero-order chi connectivity index (χ0) is 9.90. The molecular weight excluding hydrogens is 190 g/mol. The van der Waals surface area contributed by atoms with Gasteiger partial charge in [-0.15, -0.1) is 0 Å². The van der Waals surface area contributed by atoms with Gasteiger partial charge in [0.1, 0.15) is 0 Å². The maximum atomic E-state index is 11.0. The van der Waals surface area contributed by atoms with Crippen LogP contribution < -0.4 is 15.2 Å². The molecule has 6 heteroatoms. The Labute approximate surface area is 79.3 Å². The summed E-state index contributed by atoms with van der Waals surface area (Å²) >= 11 is 0. The average Bonchev–Trinajstić information content (AvgIpc) is 2.48. The molecule has 0 aromatic rings. The van der Waals surface area contributed by atoms with Gasteiger partial charge >= 0.3 is 0 Å². The van der Waals surface area contributed by atoms with Crippen molar-refractivity contribution >= 4 is 10.2 Å². The second-order valence-electron chi connectivity index (χ2n) is 3.50. The molecule has 1 aliphatic carbocycles. The molecule has 0 saturated heterocycles. The topological polar surface area (TPSA) is 84.2 Å². The summed E-state index contributed by atoms with van der Waals surface area (Å²) in [7, 11) is -1.87. The summed E-state index contributed by atoms with van der Waals surface area (Å²) in [5, 5.41) is 0. The fraction of sp³-hybridized carbons (Fsp3) is 1.00. The third kappa shape index (κ3) is 3.60. The Morgan fingerprint density at radius 2 is 2.15 bits per heavy atom. The number of nitrogens with two attached hydrogens (primary N) is 1. The molecule has 1 aliphatic rings. The Morgan fingerprint density at radius 3 is 2.62 bits per heavy atom. The van der Waals surface area contributed by atoms with E-state index >= 15 is 0 Å². The van der Waals surface area contributed by atoms with Crippen LogP contribution in [0.5, 0.6) is 0 Å². The zero-order valence-electron chi connectivity index (χ0n) is 7.79. The van der Waals surface area contributed by atoms with Gasteiger partial charge in [0.2, 0.25) is 0 Å². The first-order valence-electron chi connectivity index (χ1n) is 4.47. The molecule has 0 bridgehead atoms. The van der Waals surface area contributed by atoms with Crippen LogP contribution in [-0.2, 0) is 10.2 Å². The van der Waals surface area contributed by atoms with E-state index in [0.717, 1.165) is 19.3 Å². The van der Waals surface area contributed by atoms with Crippen molar-refractivity contribution in [2.24, 2.45) is 11.7 Å². The van der Waals surface area contributed by atoms with Gasteiger partial charge in [0.05, 0.1) is 0 Å². The predicted molar refractivity (Wildman–Crippen MR) is 51.3 cm³/mol. The lowest BCUT2D eigenvalue weighted by molar-refractivity contribution is 0.509.